The van der Waals surface area contributed by atoms with E-state index in [1.165, 1.54) is 6.07 Å². The smallest absolute Gasteiger partial charge is 0.240 e. The highest BCUT2D eigenvalue weighted by atomic mass is 19.1. The zero-order valence-corrected chi connectivity index (χ0v) is 14.6. The van der Waals surface area contributed by atoms with Crippen LogP contribution in [0, 0.1) is 17.1 Å². The van der Waals surface area contributed by atoms with Gasteiger partial charge in [-0.1, -0.05) is 6.07 Å². The average Bonchev–Trinajstić information content (AvgIpc) is 3.02. The molecule has 7 heteroatoms. The molecule has 0 bridgehead atoms. The third-order valence-electron chi connectivity index (χ3n) is 5.16. The molecule has 2 saturated heterocycles. The van der Waals surface area contributed by atoms with Gasteiger partial charge in [-0.25, -0.2) is 4.39 Å². The summed E-state index contributed by atoms with van der Waals surface area (Å²) in [6, 6.07) is 6.47. The lowest BCUT2D eigenvalue weighted by atomic mass is 10.1. The normalized spacial score (nSPS) is 24.4. The van der Waals surface area contributed by atoms with Crippen molar-refractivity contribution in [2.75, 3.05) is 51.8 Å². The summed E-state index contributed by atoms with van der Waals surface area (Å²) < 4.78 is 19.2. The SMILES string of the molecule is CO[C@H]1C[C@@H](C(=O)N2CCN(c3cccc(F)c3C#N)CC2)N(C)C1. The highest BCUT2D eigenvalue weighted by molar-refractivity contribution is 5.82. The van der Waals surface area contributed by atoms with E-state index in [2.05, 4.69) is 0 Å². The topological polar surface area (TPSA) is 59.8 Å². The van der Waals surface area contributed by atoms with E-state index in [-0.39, 0.29) is 23.6 Å². The molecule has 0 radical (unpaired) electrons. The van der Waals surface area contributed by atoms with Crippen LogP contribution in [-0.2, 0) is 9.53 Å². The van der Waals surface area contributed by atoms with Crippen LogP contribution in [0.1, 0.15) is 12.0 Å². The Balaban J connectivity index is 1.64. The van der Waals surface area contributed by atoms with E-state index in [0.717, 1.165) is 6.54 Å². The molecule has 0 spiro atoms. The van der Waals surface area contributed by atoms with Crippen molar-refractivity contribution in [2.45, 2.75) is 18.6 Å². The molecule has 2 fully saturated rings. The van der Waals surface area contributed by atoms with Crippen molar-refractivity contribution in [3.05, 3.63) is 29.6 Å². The molecule has 3 rings (SSSR count). The molecule has 1 aromatic rings. The van der Waals surface area contributed by atoms with Gasteiger partial charge in [0, 0.05) is 39.8 Å². The molecule has 0 unspecified atom stereocenters. The van der Waals surface area contributed by atoms with Crippen LogP contribution in [0.15, 0.2) is 18.2 Å². The lowest BCUT2D eigenvalue weighted by Gasteiger charge is -2.38. The number of likely N-dealkylation sites (N-methyl/N-ethyl adjacent to an activating group) is 1. The molecule has 1 amide bonds. The van der Waals surface area contributed by atoms with E-state index in [9.17, 15) is 14.4 Å². The van der Waals surface area contributed by atoms with E-state index in [0.29, 0.717) is 38.3 Å². The van der Waals surface area contributed by atoms with Gasteiger partial charge in [0.1, 0.15) is 17.4 Å². The second kappa shape index (κ2) is 7.38. The van der Waals surface area contributed by atoms with Gasteiger partial charge < -0.3 is 14.5 Å². The molecule has 0 aliphatic carbocycles. The zero-order chi connectivity index (χ0) is 18.0. The number of benzene rings is 1. The first kappa shape index (κ1) is 17.6. The minimum atomic E-state index is -0.503. The number of methoxy groups -OCH3 is 1. The van der Waals surface area contributed by atoms with E-state index in [4.69, 9.17) is 4.74 Å². The Morgan fingerprint density at radius 3 is 2.64 bits per heavy atom. The Morgan fingerprint density at radius 2 is 2.04 bits per heavy atom. The van der Waals surface area contributed by atoms with Crippen LogP contribution < -0.4 is 4.90 Å². The quantitative estimate of drug-likeness (QED) is 0.819. The Morgan fingerprint density at radius 1 is 1.32 bits per heavy atom. The molecule has 0 N–H and O–H groups in total. The minimum Gasteiger partial charge on any atom is -0.380 e. The van der Waals surface area contributed by atoms with E-state index in [1.54, 1.807) is 19.2 Å². The Hall–Kier alpha value is -2.17. The van der Waals surface area contributed by atoms with E-state index >= 15 is 0 Å². The summed E-state index contributed by atoms with van der Waals surface area (Å²) in [5.41, 5.74) is 0.674. The molecule has 0 saturated carbocycles. The van der Waals surface area contributed by atoms with Crippen LogP contribution in [0.3, 0.4) is 0 Å². The number of piperazine rings is 1. The molecular weight excluding hydrogens is 323 g/mol. The van der Waals surface area contributed by atoms with Gasteiger partial charge in [0.25, 0.3) is 0 Å². The molecular formula is C18H23FN4O2. The number of hydrogen-bond acceptors (Lipinski definition) is 5. The standard InChI is InChI=1S/C18H23FN4O2/c1-21-12-13(25-2)10-17(21)18(24)23-8-6-22(7-9-23)16-5-3-4-15(19)14(16)11-20/h3-5,13,17H,6-10,12H2,1-2H3/t13-,17-/m0/s1. The van der Waals surface area contributed by atoms with Crippen LogP contribution in [-0.4, -0.2) is 74.7 Å². The van der Waals surface area contributed by atoms with Crippen molar-refractivity contribution >= 4 is 11.6 Å². The molecule has 1 aromatic carbocycles. The summed E-state index contributed by atoms with van der Waals surface area (Å²) in [5, 5.41) is 9.19. The number of rotatable bonds is 3. The van der Waals surface area contributed by atoms with Crippen LogP contribution in [0.25, 0.3) is 0 Å². The average molecular weight is 346 g/mol. The van der Waals surface area contributed by atoms with Gasteiger partial charge in [0.15, 0.2) is 0 Å². The lowest BCUT2D eigenvalue weighted by Crippen LogP contribution is -2.53. The molecule has 6 nitrogen and oxygen atoms in total. The lowest BCUT2D eigenvalue weighted by molar-refractivity contribution is -0.135. The molecule has 2 aliphatic heterocycles. The third-order valence-corrected chi connectivity index (χ3v) is 5.16. The van der Waals surface area contributed by atoms with Crippen LogP contribution in [0.5, 0.6) is 0 Å². The second-order valence-corrected chi connectivity index (χ2v) is 6.61. The number of ether oxygens (including phenoxy) is 1. The molecule has 2 atom stereocenters. The molecule has 134 valence electrons. The number of nitrogens with zero attached hydrogens (tertiary/aromatic N) is 4. The maximum atomic E-state index is 13.8. The summed E-state index contributed by atoms with van der Waals surface area (Å²) in [6.07, 6.45) is 0.819. The van der Waals surface area contributed by atoms with Crippen molar-refractivity contribution in [1.29, 1.82) is 5.26 Å². The predicted molar refractivity (Wildman–Crippen MR) is 91.7 cm³/mol. The summed E-state index contributed by atoms with van der Waals surface area (Å²) >= 11 is 0. The van der Waals surface area contributed by atoms with Gasteiger partial charge in [-0.3, -0.25) is 9.69 Å². The Bertz CT molecular complexity index is 682. The van der Waals surface area contributed by atoms with E-state index in [1.807, 2.05) is 27.8 Å². The minimum absolute atomic E-state index is 0.0701. The van der Waals surface area contributed by atoms with Gasteiger partial charge in [-0.15, -0.1) is 0 Å². The van der Waals surface area contributed by atoms with Crippen molar-refractivity contribution < 1.29 is 13.9 Å². The van der Waals surface area contributed by atoms with Crippen LogP contribution >= 0.6 is 0 Å². The van der Waals surface area contributed by atoms with Crippen LogP contribution in [0.4, 0.5) is 10.1 Å². The van der Waals surface area contributed by atoms with Gasteiger partial charge in [0.05, 0.1) is 17.8 Å². The number of hydrogen-bond donors (Lipinski definition) is 0. The summed E-state index contributed by atoms with van der Waals surface area (Å²) in [7, 11) is 3.62. The van der Waals surface area contributed by atoms with Gasteiger partial charge in [0.2, 0.25) is 5.91 Å². The second-order valence-electron chi connectivity index (χ2n) is 6.61. The number of amides is 1. The first-order valence-electron chi connectivity index (χ1n) is 8.50. The predicted octanol–water partition coefficient (Wildman–Crippen LogP) is 1.07. The highest BCUT2D eigenvalue weighted by Crippen LogP contribution is 2.25. The number of anilines is 1. The summed E-state index contributed by atoms with van der Waals surface area (Å²) in [4.78, 5) is 18.7. The Kier molecular flexibility index (Phi) is 5.21. The first-order chi connectivity index (χ1) is 12.0. The third kappa shape index (κ3) is 3.46. The monoisotopic (exact) mass is 346 g/mol. The van der Waals surface area contributed by atoms with Crippen molar-refractivity contribution in [2.24, 2.45) is 0 Å². The molecule has 0 aromatic heterocycles. The largest absolute Gasteiger partial charge is 0.380 e. The summed E-state index contributed by atoms with van der Waals surface area (Å²) in [5.74, 6) is -0.377. The fourth-order valence-corrected chi connectivity index (χ4v) is 3.68. The van der Waals surface area contributed by atoms with Crippen molar-refractivity contribution in [3.63, 3.8) is 0 Å². The number of likely N-dealkylation sites (tertiary alicyclic amines) is 1. The fraction of sp³-hybridized carbons (Fsp3) is 0.556. The van der Waals surface area contributed by atoms with Gasteiger partial charge >= 0.3 is 0 Å². The van der Waals surface area contributed by atoms with Crippen molar-refractivity contribution in [1.82, 2.24) is 9.80 Å². The highest BCUT2D eigenvalue weighted by Gasteiger charge is 2.37. The number of nitriles is 1. The molecule has 2 aliphatic rings. The van der Waals surface area contributed by atoms with E-state index < -0.39 is 5.82 Å². The van der Waals surface area contributed by atoms with Gasteiger partial charge in [-0.05, 0) is 25.6 Å². The number of carbonyl (C=O) groups excluding carboxylic acids is 1. The van der Waals surface area contributed by atoms with Crippen molar-refractivity contribution in [3.8, 4) is 6.07 Å². The fourth-order valence-electron chi connectivity index (χ4n) is 3.68. The maximum absolute atomic E-state index is 13.8. The molecule has 25 heavy (non-hydrogen) atoms. The maximum Gasteiger partial charge on any atom is 0.240 e. The van der Waals surface area contributed by atoms with Crippen LogP contribution in [0.2, 0.25) is 0 Å². The Labute approximate surface area is 147 Å². The number of halogens is 1. The zero-order valence-electron chi connectivity index (χ0n) is 14.6. The van der Waals surface area contributed by atoms with Gasteiger partial charge in [-0.2, -0.15) is 5.26 Å². The first-order valence-corrected chi connectivity index (χ1v) is 8.50. The summed E-state index contributed by atoms with van der Waals surface area (Å²) in [6.45, 7) is 3.09. The molecule has 2 heterocycles. The number of carbonyl (C=O) groups is 1.